The highest BCUT2D eigenvalue weighted by atomic mass is 79.9. The maximum atomic E-state index is 12.3. The van der Waals surface area contributed by atoms with Gasteiger partial charge in [-0.15, -0.1) is 0 Å². The molecule has 1 aliphatic rings. The lowest BCUT2D eigenvalue weighted by molar-refractivity contribution is -0.124. The second kappa shape index (κ2) is 5.79. The molecule has 0 unspecified atom stereocenters. The Morgan fingerprint density at radius 1 is 1.14 bits per heavy atom. The van der Waals surface area contributed by atoms with Gasteiger partial charge in [0.15, 0.2) is 0 Å². The average Bonchev–Trinajstić information content (AvgIpc) is 2.76. The minimum absolute atomic E-state index is 0.248. The van der Waals surface area contributed by atoms with Crippen molar-refractivity contribution in [2.24, 2.45) is 0 Å². The minimum atomic E-state index is -0.991. The quantitative estimate of drug-likeness (QED) is 0.874. The van der Waals surface area contributed by atoms with E-state index >= 15 is 0 Å². The van der Waals surface area contributed by atoms with E-state index in [0.717, 1.165) is 15.7 Å². The first kappa shape index (κ1) is 14.6. The van der Waals surface area contributed by atoms with Crippen LogP contribution in [0.4, 0.5) is 5.69 Å². The lowest BCUT2D eigenvalue weighted by Crippen LogP contribution is -2.30. The van der Waals surface area contributed by atoms with E-state index in [9.17, 15) is 9.90 Å². The fraction of sp³-hybridized carbons (Fsp3) is 0.188. The van der Waals surface area contributed by atoms with E-state index in [1.807, 2.05) is 42.5 Å². The van der Waals surface area contributed by atoms with Gasteiger partial charge in [0.25, 0.3) is 5.91 Å². The summed E-state index contributed by atoms with van der Waals surface area (Å²) in [6, 6.07) is 14.6. The van der Waals surface area contributed by atoms with E-state index in [2.05, 4.69) is 15.9 Å². The summed E-state index contributed by atoms with van der Waals surface area (Å²) in [5, 5.41) is 10.6. The van der Waals surface area contributed by atoms with Crippen molar-refractivity contribution in [2.75, 3.05) is 4.90 Å². The Morgan fingerprint density at radius 3 is 2.48 bits per heavy atom. The van der Waals surface area contributed by atoms with Crippen molar-refractivity contribution in [1.29, 1.82) is 0 Å². The zero-order chi connectivity index (χ0) is 15.0. The number of carbonyl (C=O) groups excluding carboxylic acids is 1. The molecule has 0 spiro atoms. The van der Waals surface area contributed by atoms with Gasteiger partial charge in [-0.3, -0.25) is 4.79 Å². The van der Waals surface area contributed by atoms with E-state index in [-0.39, 0.29) is 11.9 Å². The molecule has 1 saturated heterocycles. The Kier molecular flexibility index (Phi) is 4.02. The average molecular weight is 367 g/mol. The lowest BCUT2D eigenvalue weighted by Gasteiger charge is -2.25. The normalized spacial score (nSPS) is 21.9. The maximum absolute atomic E-state index is 12.3. The van der Waals surface area contributed by atoms with Crippen molar-refractivity contribution in [3.63, 3.8) is 0 Å². The van der Waals surface area contributed by atoms with Crippen molar-refractivity contribution in [3.05, 3.63) is 63.6 Å². The molecule has 0 aromatic heterocycles. The highest BCUT2D eigenvalue weighted by molar-refractivity contribution is 9.10. The Labute approximate surface area is 136 Å². The molecule has 2 aromatic carbocycles. The Bertz CT molecular complexity index is 674. The molecule has 0 aliphatic carbocycles. The van der Waals surface area contributed by atoms with Crippen LogP contribution in [-0.2, 0) is 4.79 Å². The summed E-state index contributed by atoms with van der Waals surface area (Å²) in [5.41, 5.74) is 1.61. The molecule has 1 amide bonds. The topological polar surface area (TPSA) is 40.5 Å². The van der Waals surface area contributed by atoms with E-state index < -0.39 is 6.10 Å². The highest BCUT2D eigenvalue weighted by Gasteiger charge is 2.40. The molecule has 0 saturated carbocycles. The molecule has 3 rings (SSSR count). The van der Waals surface area contributed by atoms with Crippen LogP contribution in [0.5, 0.6) is 0 Å². The van der Waals surface area contributed by atoms with Crippen LogP contribution >= 0.6 is 27.5 Å². The van der Waals surface area contributed by atoms with Crippen molar-refractivity contribution < 1.29 is 9.90 Å². The molecule has 2 aromatic rings. The zero-order valence-electron chi connectivity index (χ0n) is 11.0. The van der Waals surface area contributed by atoms with Crippen molar-refractivity contribution in [1.82, 2.24) is 0 Å². The van der Waals surface area contributed by atoms with Gasteiger partial charge >= 0.3 is 0 Å². The fourth-order valence-corrected chi connectivity index (χ4v) is 3.18. The van der Waals surface area contributed by atoms with Crippen LogP contribution in [0.2, 0.25) is 5.02 Å². The molecule has 0 radical (unpaired) electrons. The van der Waals surface area contributed by atoms with Crippen molar-refractivity contribution in [2.45, 2.75) is 18.6 Å². The second-order valence-corrected chi connectivity index (χ2v) is 6.30. The number of halogens is 2. The van der Waals surface area contributed by atoms with Gasteiger partial charge in [0, 0.05) is 21.6 Å². The van der Waals surface area contributed by atoms with Crippen LogP contribution in [0.15, 0.2) is 53.0 Å². The maximum Gasteiger partial charge on any atom is 0.256 e. The van der Waals surface area contributed by atoms with Gasteiger partial charge in [-0.2, -0.15) is 0 Å². The number of benzene rings is 2. The Morgan fingerprint density at radius 2 is 1.81 bits per heavy atom. The van der Waals surface area contributed by atoms with Gasteiger partial charge < -0.3 is 10.0 Å². The number of aliphatic hydroxyl groups is 1. The van der Waals surface area contributed by atoms with Gasteiger partial charge in [-0.25, -0.2) is 0 Å². The molecular weight excluding hydrogens is 354 g/mol. The number of nitrogens with zero attached hydrogens (tertiary/aromatic N) is 1. The summed E-state index contributed by atoms with van der Waals surface area (Å²) in [7, 11) is 0. The summed E-state index contributed by atoms with van der Waals surface area (Å²) >= 11 is 9.63. The molecular formula is C16H13BrClNO2. The van der Waals surface area contributed by atoms with Gasteiger partial charge in [-0.1, -0.05) is 45.7 Å². The highest BCUT2D eigenvalue weighted by Crippen LogP contribution is 2.39. The van der Waals surface area contributed by atoms with Crippen LogP contribution in [0.1, 0.15) is 18.0 Å². The third-order valence-electron chi connectivity index (χ3n) is 3.65. The van der Waals surface area contributed by atoms with E-state index in [0.29, 0.717) is 11.4 Å². The zero-order valence-corrected chi connectivity index (χ0v) is 13.4. The standard InChI is InChI=1S/C16H13BrClNO2/c17-10-5-7-11(8-6-10)19-14(9-15(20)16(19)21)12-3-1-2-4-13(12)18/h1-8,14-15,20H,9H2/t14-,15+/m1/s1. The van der Waals surface area contributed by atoms with Gasteiger partial charge in [0.2, 0.25) is 0 Å². The van der Waals surface area contributed by atoms with E-state index in [1.54, 1.807) is 11.0 Å². The molecule has 1 aliphatic heterocycles. The molecule has 3 nitrogen and oxygen atoms in total. The third kappa shape index (κ3) is 2.71. The summed E-state index contributed by atoms with van der Waals surface area (Å²) in [6.45, 7) is 0. The van der Waals surface area contributed by atoms with Crippen molar-refractivity contribution >= 4 is 39.1 Å². The van der Waals surface area contributed by atoms with Crippen LogP contribution < -0.4 is 4.90 Å². The summed E-state index contributed by atoms with van der Waals surface area (Å²) in [4.78, 5) is 13.9. The van der Waals surface area contributed by atoms with E-state index in [1.165, 1.54) is 0 Å². The number of carbonyl (C=O) groups is 1. The Balaban J connectivity index is 2.05. The summed E-state index contributed by atoms with van der Waals surface area (Å²) in [5.74, 6) is -0.290. The smallest absolute Gasteiger partial charge is 0.256 e. The Hall–Kier alpha value is -1.36. The first-order valence-corrected chi connectivity index (χ1v) is 7.76. The monoisotopic (exact) mass is 365 g/mol. The number of amides is 1. The molecule has 1 N–H and O–H groups in total. The van der Waals surface area contributed by atoms with Crippen molar-refractivity contribution in [3.8, 4) is 0 Å². The first-order valence-electron chi connectivity index (χ1n) is 6.59. The fourth-order valence-electron chi connectivity index (χ4n) is 2.65. The molecule has 0 bridgehead atoms. The number of rotatable bonds is 2. The first-order chi connectivity index (χ1) is 10.1. The predicted octanol–water partition coefficient (Wildman–Crippen LogP) is 3.94. The molecule has 108 valence electrons. The minimum Gasteiger partial charge on any atom is -0.383 e. The molecule has 1 heterocycles. The van der Waals surface area contributed by atoms with Gasteiger partial charge in [0.1, 0.15) is 6.10 Å². The van der Waals surface area contributed by atoms with Crippen LogP contribution in [0, 0.1) is 0 Å². The van der Waals surface area contributed by atoms with Gasteiger partial charge in [-0.05, 0) is 35.9 Å². The number of anilines is 1. The lowest BCUT2D eigenvalue weighted by atomic mass is 10.0. The SMILES string of the molecule is O=C1[C@@H](O)C[C@H](c2ccccc2Cl)N1c1ccc(Br)cc1. The number of hydrogen-bond acceptors (Lipinski definition) is 2. The molecule has 5 heteroatoms. The largest absolute Gasteiger partial charge is 0.383 e. The van der Waals surface area contributed by atoms with E-state index in [4.69, 9.17) is 11.6 Å². The number of aliphatic hydroxyl groups excluding tert-OH is 1. The van der Waals surface area contributed by atoms with Crippen LogP contribution in [-0.4, -0.2) is 17.1 Å². The van der Waals surface area contributed by atoms with Gasteiger partial charge in [0.05, 0.1) is 6.04 Å². The summed E-state index contributed by atoms with van der Waals surface area (Å²) in [6.07, 6.45) is -0.645. The van der Waals surface area contributed by atoms with Crippen LogP contribution in [0.3, 0.4) is 0 Å². The molecule has 2 atom stereocenters. The second-order valence-electron chi connectivity index (χ2n) is 4.97. The predicted molar refractivity (Wildman–Crippen MR) is 86.4 cm³/mol. The summed E-state index contributed by atoms with van der Waals surface area (Å²) < 4.78 is 0.938. The molecule has 21 heavy (non-hydrogen) atoms. The third-order valence-corrected chi connectivity index (χ3v) is 4.52. The number of hydrogen-bond donors (Lipinski definition) is 1. The van der Waals surface area contributed by atoms with Crippen LogP contribution in [0.25, 0.3) is 0 Å². The molecule has 1 fully saturated rings.